The zero-order valence-electron chi connectivity index (χ0n) is 17.3. The van der Waals surface area contributed by atoms with E-state index < -0.39 is 16.1 Å². The number of nitrogens with zero attached hydrogens (tertiary/aromatic N) is 1. The van der Waals surface area contributed by atoms with Crippen LogP contribution in [0, 0.1) is 0 Å². The van der Waals surface area contributed by atoms with Gasteiger partial charge in [0.15, 0.2) is 0 Å². The Kier molecular flexibility index (Phi) is 8.33. The maximum atomic E-state index is 12.8. The predicted molar refractivity (Wildman–Crippen MR) is 110 cm³/mol. The number of amides is 3. The smallest absolute Gasteiger partial charge is 0.246 e. The van der Waals surface area contributed by atoms with Crippen molar-refractivity contribution >= 4 is 33.4 Å². The van der Waals surface area contributed by atoms with Gasteiger partial charge in [-0.15, -0.1) is 0 Å². The number of carbonyl (C=O) groups excluding carboxylic acids is 3. The molecule has 0 aromatic heterocycles. The number of sulfonamides is 1. The topological polar surface area (TPSA) is 134 Å². The van der Waals surface area contributed by atoms with Crippen molar-refractivity contribution in [1.29, 1.82) is 0 Å². The second-order valence-electron chi connectivity index (χ2n) is 7.11. The van der Waals surface area contributed by atoms with Crippen molar-refractivity contribution in [3.8, 4) is 0 Å². The highest BCUT2D eigenvalue weighted by Crippen LogP contribution is 2.22. The van der Waals surface area contributed by atoms with E-state index in [2.05, 4.69) is 16.0 Å². The fourth-order valence-corrected chi connectivity index (χ4v) is 4.58. The zero-order chi connectivity index (χ0) is 22.3. The summed E-state index contributed by atoms with van der Waals surface area (Å²) in [4.78, 5) is 35.0. The number of carbonyl (C=O) groups is 3. The Bertz CT molecular complexity index is 864. The summed E-state index contributed by atoms with van der Waals surface area (Å²) in [5.74, 6) is -0.942. The first kappa shape index (κ1) is 23.8. The van der Waals surface area contributed by atoms with Gasteiger partial charge in [0.25, 0.3) is 0 Å². The van der Waals surface area contributed by atoms with E-state index in [4.69, 9.17) is 4.74 Å². The average Bonchev–Trinajstić information content (AvgIpc) is 2.68. The molecule has 30 heavy (non-hydrogen) atoms. The number of benzene rings is 1. The molecule has 0 radical (unpaired) electrons. The lowest BCUT2D eigenvalue weighted by Crippen LogP contribution is -2.52. The maximum Gasteiger partial charge on any atom is 0.246 e. The van der Waals surface area contributed by atoms with Crippen LogP contribution in [0.3, 0.4) is 0 Å². The van der Waals surface area contributed by atoms with Crippen molar-refractivity contribution in [3.05, 3.63) is 24.3 Å². The number of rotatable bonds is 8. The fraction of sp³-hybridized carbons (Fsp3) is 0.526. The second-order valence-corrected chi connectivity index (χ2v) is 9.05. The number of methoxy groups -OCH3 is 1. The van der Waals surface area contributed by atoms with Gasteiger partial charge in [0.05, 0.1) is 4.90 Å². The van der Waals surface area contributed by atoms with E-state index in [0.29, 0.717) is 18.5 Å². The van der Waals surface area contributed by atoms with Gasteiger partial charge in [0.1, 0.15) is 12.6 Å². The summed E-state index contributed by atoms with van der Waals surface area (Å²) < 4.78 is 31.8. The van der Waals surface area contributed by atoms with E-state index in [-0.39, 0.29) is 48.4 Å². The van der Waals surface area contributed by atoms with Crippen LogP contribution in [0.15, 0.2) is 29.2 Å². The third-order valence-electron chi connectivity index (χ3n) is 4.66. The monoisotopic (exact) mass is 440 g/mol. The molecular formula is C19H28N4O6S. The first-order chi connectivity index (χ1) is 14.1. The number of anilines is 1. The van der Waals surface area contributed by atoms with E-state index in [1.165, 1.54) is 30.5 Å². The van der Waals surface area contributed by atoms with Gasteiger partial charge in [-0.2, -0.15) is 4.31 Å². The summed E-state index contributed by atoms with van der Waals surface area (Å²) in [5.41, 5.74) is 0.523. The molecule has 0 bridgehead atoms. The van der Waals surface area contributed by atoms with Crippen molar-refractivity contribution in [3.63, 3.8) is 0 Å². The highest BCUT2D eigenvalue weighted by molar-refractivity contribution is 7.89. The lowest BCUT2D eigenvalue weighted by Gasteiger charge is -2.32. The predicted octanol–water partition coefficient (Wildman–Crippen LogP) is 0.0654. The molecule has 1 heterocycles. The molecule has 10 nitrogen and oxygen atoms in total. The minimum atomic E-state index is -3.66. The average molecular weight is 441 g/mol. The van der Waals surface area contributed by atoms with Gasteiger partial charge in [-0.05, 0) is 44.0 Å². The van der Waals surface area contributed by atoms with Crippen molar-refractivity contribution in [2.75, 3.05) is 32.1 Å². The molecule has 1 aliphatic rings. The molecule has 3 N–H and O–H groups in total. The first-order valence-electron chi connectivity index (χ1n) is 9.60. The van der Waals surface area contributed by atoms with Crippen LogP contribution in [0.1, 0.15) is 26.7 Å². The number of hydrogen-bond acceptors (Lipinski definition) is 6. The molecule has 1 saturated heterocycles. The molecule has 11 heteroatoms. The van der Waals surface area contributed by atoms with Crippen molar-refractivity contribution < 1.29 is 27.5 Å². The van der Waals surface area contributed by atoms with Crippen LogP contribution >= 0.6 is 0 Å². The fourth-order valence-electron chi connectivity index (χ4n) is 3.11. The van der Waals surface area contributed by atoms with Crippen molar-refractivity contribution in [2.24, 2.45) is 0 Å². The molecule has 1 unspecified atom stereocenters. The van der Waals surface area contributed by atoms with Crippen molar-refractivity contribution in [2.45, 2.75) is 43.7 Å². The molecule has 1 aromatic rings. The molecule has 0 saturated carbocycles. The molecule has 2 rings (SSSR count). The van der Waals surface area contributed by atoms with E-state index in [1.807, 2.05) is 0 Å². The van der Waals surface area contributed by atoms with Gasteiger partial charge < -0.3 is 20.7 Å². The quantitative estimate of drug-likeness (QED) is 0.524. The van der Waals surface area contributed by atoms with Gasteiger partial charge in [-0.3, -0.25) is 14.4 Å². The van der Waals surface area contributed by atoms with E-state index in [1.54, 1.807) is 19.1 Å². The minimum absolute atomic E-state index is 0.125. The van der Waals surface area contributed by atoms with Gasteiger partial charge in [-0.1, -0.05) is 0 Å². The molecule has 1 atom stereocenters. The van der Waals surface area contributed by atoms with E-state index in [9.17, 15) is 22.8 Å². The van der Waals surface area contributed by atoms with Gasteiger partial charge in [0.2, 0.25) is 27.7 Å². The largest absolute Gasteiger partial charge is 0.375 e. The summed E-state index contributed by atoms with van der Waals surface area (Å²) in [6.45, 7) is 3.37. The van der Waals surface area contributed by atoms with Gasteiger partial charge >= 0.3 is 0 Å². The number of nitrogens with one attached hydrogen (secondary N) is 3. The number of hydrogen-bond donors (Lipinski definition) is 3. The van der Waals surface area contributed by atoms with Crippen LogP contribution in [0.4, 0.5) is 5.69 Å². The Labute approximate surface area is 176 Å². The number of piperidine rings is 1. The summed E-state index contributed by atoms with van der Waals surface area (Å²) in [7, 11) is -2.27. The highest BCUT2D eigenvalue weighted by atomic mass is 32.2. The standard InChI is InChI=1S/C19H28N4O6S/c1-13(20-18(25)12-29-3)19(26)22-16-8-10-23(11-9-16)30(27,28)17-6-4-15(5-7-17)21-14(2)24/h4-7,13,16H,8-12H2,1-3H3,(H,20,25)(H,21,24)(H,22,26). The molecule has 3 amide bonds. The Morgan fingerprint density at radius 2 is 1.77 bits per heavy atom. The molecular weight excluding hydrogens is 412 g/mol. The highest BCUT2D eigenvalue weighted by Gasteiger charge is 2.30. The van der Waals surface area contributed by atoms with Crippen LogP contribution in [0.5, 0.6) is 0 Å². The molecule has 0 spiro atoms. The Morgan fingerprint density at radius 3 is 2.30 bits per heavy atom. The molecule has 1 aromatic carbocycles. The third-order valence-corrected chi connectivity index (χ3v) is 6.57. The van der Waals surface area contributed by atoms with Crippen LogP contribution < -0.4 is 16.0 Å². The second kappa shape index (κ2) is 10.5. The Balaban J connectivity index is 1.89. The van der Waals surface area contributed by atoms with E-state index in [0.717, 1.165) is 0 Å². The summed E-state index contributed by atoms with van der Waals surface area (Å²) >= 11 is 0. The molecule has 1 fully saturated rings. The lowest BCUT2D eigenvalue weighted by molar-refractivity contribution is -0.131. The first-order valence-corrected chi connectivity index (χ1v) is 11.0. The van der Waals surface area contributed by atoms with Crippen molar-refractivity contribution in [1.82, 2.24) is 14.9 Å². The summed E-state index contributed by atoms with van der Waals surface area (Å²) in [5, 5.41) is 7.97. The number of ether oxygens (including phenoxy) is 1. The van der Waals surface area contributed by atoms with Gasteiger partial charge in [-0.25, -0.2) is 8.42 Å². The maximum absolute atomic E-state index is 12.8. The lowest BCUT2D eigenvalue weighted by atomic mass is 10.1. The minimum Gasteiger partial charge on any atom is -0.375 e. The normalized spacial score (nSPS) is 16.5. The Hall–Kier alpha value is -2.50. The zero-order valence-corrected chi connectivity index (χ0v) is 18.1. The third kappa shape index (κ3) is 6.51. The SMILES string of the molecule is COCC(=O)NC(C)C(=O)NC1CCN(S(=O)(=O)c2ccc(NC(C)=O)cc2)CC1. The van der Waals surface area contributed by atoms with Crippen LogP contribution in [0.25, 0.3) is 0 Å². The van der Waals surface area contributed by atoms with E-state index >= 15 is 0 Å². The summed E-state index contributed by atoms with van der Waals surface area (Å²) in [6.07, 6.45) is 0.932. The van der Waals surface area contributed by atoms with Crippen LogP contribution in [-0.2, 0) is 29.1 Å². The Morgan fingerprint density at radius 1 is 1.17 bits per heavy atom. The summed E-state index contributed by atoms with van der Waals surface area (Å²) in [6, 6.07) is 5.11. The van der Waals surface area contributed by atoms with Gasteiger partial charge in [0, 0.05) is 38.9 Å². The molecule has 0 aliphatic carbocycles. The molecule has 1 aliphatic heterocycles. The van der Waals surface area contributed by atoms with Crippen LogP contribution in [0.2, 0.25) is 0 Å². The molecule has 166 valence electrons. The van der Waals surface area contributed by atoms with Crippen LogP contribution in [-0.4, -0.2) is 69.3 Å².